The Morgan fingerprint density at radius 1 is 1.46 bits per heavy atom. The number of hydrogen-bond acceptors (Lipinski definition) is 3. The smallest absolute Gasteiger partial charge is 0.234 e. The molecule has 0 rings (SSSR count). The van der Waals surface area contributed by atoms with Crippen molar-refractivity contribution < 1.29 is 9.90 Å². The van der Waals surface area contributed by atoms with Crippen molar-refractivity contribution in [2.45, 2.75) is 32.7 Å². The van der Waals surface area contributed by atoms with Crippen LogP contribution in [-0.4, -0.2) is 36.2 Å². The maximum Gasteiger partial charge on any atom is 0.234 e. The lowest BCUT2D eigenvalue weighted by Crippen LogP contribution is -2.50. The van der Waals surface area contributed by atoms with Crippen LogP contribution < -0.4 is 10.6 Å². The van der Waals surface area contributed by atoms with Gasteiger partial charge in [0.05, 0.1) is 18.7 Å². The maximum atomic E-state index is 11.3. The zero-order chi connectivity index (χ0) is 10.3. The van der Waals surface area contributed by atoms with Crippen LogP contribution in [0.4, 0.5) is 0 Å². The van der Waals surface area contributed by atoms with Crippen molar-refractivity contribution in [1.82, 2.24) is 10.6 Å². The van der Waals surface area contributed by atoms with Crippen LogP contribution in [0.3, 0.4) is 0 Å². The molecule has 0 radical (unpaired) electrons. The van der Waals surface area contributed by atoms with Crippen molar-refractivity contribution in [2.75, 3.05) is 19.7 Å². The van der Waals surface area contributed by atoms with Crippen LogP contribution in [0, 0.1) is 0 Å². The fourth-order valence-corrected chi connectivity index (χ4v) is 0.859. The largest absolute Gasteiger partial charge is 0.394 e. The Bertz CT molecular complexity index is 156. The van der Waals surface area contributed by atoms with Gasteiger partial charge in [-0.25, -0.2) is 0 Å². The van der Waals surface area contributed by atoms with E-state index in [0.29, 0.717) is 6.54 Å². The van der Waals surface area contributed by atoms with E-state index in [1.54, 1.807) is 0 Å². The van der Waals surface area contributed by atoms with Crippen LogP contribution in [-0.2, 0) is 4.79 Å². The van der Waals surface area contributed by atoms with Crippen molar-refractivity contribution in [3.05, 3.63) is 0 Å². The molecule has 1 unspecified atom stereocenters. The topological polar surface area (TPSA) is 61.4 Å². The molecule has 0 saturated carbocycles. The molecule has 78 valence electrons. The molecular weight excluding hydrogens is 168 g/mol. The van der Waals surface area contributed by atoms with Crippen LogP contribution in [0.15, 0.2) is 0 Å². The monoisotopic (exact) mass is 188 g/mol. The summed E-state index contributed by atoms with van der Waals surface area (Å²) in [7, 11) is 0. The lowest BCUT2D eigenvalue weighted by molar-refractivity contribution is -0.122. The van der Waals surface area contributed by atoms with Gasteiger partial charge in [-0.3, -0.25) is 4.79 Å². The summed E-state index contributed by atoms with van der Waals surface area (Å²) in [6.45, 7) is 6.77. The van der Waals surface area contributed by atoms with Gasteiger partial charge in [0.25, 0.3) is 0 Å². The van der Waals surface area contributed by atoms with Crippen molar-refractivity contribution in [3.63, 3.8) is 0 Å². The van der Waals surface area contributed by atoms with E-state index in [0.717, 1.165) is 13.0 Å². The van der Waals surface area contributed by atoms with Gasteiger partial charge in [0, 0.05) is 0 Å². The van der Waals surface area contributed by atoms with Gasteiger partial charge in [0.15, 0.2) is 0 Å². The third kappa shape index (κ3) is 4.85. The average molecular weight is 188 g/mol. The van der Waals surface area contributed by atoms with Gasteiger partial charge in [-0.15, -0.1) is 0 Å². The molecule has 0 aliphatic heterocycles. The van der Waals surface area contributed by atoms with E-state index < -0.39 is 5.54 Å². The van der Waals surface area contributed by atoms with E-state index in [-0.39, 0.29) is 12.5 Å². The first-order valence-corrected chi connectivity index (χ1v) is 4.70. The first-order chi connectivity index (χ1) is 6.08. The Kier molecular flexibility index (Phi) is 5.66. The lowest BCUT2D eigenvalue weighted by Gasteiger charge is -2.27. The van der Waals surface area contributed by atoms with E-state index in [2.05, 4.69) is 10.6 Å². The van der Waals surface area contributed by atoms with E-state index in [9.17, 15) is 4.79 Å². The predicted octanol–water partition coefficient (Wildman–Crippen LogP) is -0.127. The Morgan fingerprint density at radius 3 is 2.46 bits per heavy atom. The Morgan fingerprint density at radius 2 is 2.08 bits per heavy atom. The number of amides is 1. The molecule has 0 saturated heterocycles. The van der Waals surface area contributed by atoms with Crippen molar-refractivity contribution in [2.24, 2.45) is 0 Å². The second kappa shape index (κ2) is 5.94. The molecule has 3 N–H and O–H groups in total. The van der Waals surface area contributed by atoms with E-state index >= 15 is 0 Å². The summed E-state index contributed by atoms with van der Waals surface area (Å²) < 4.78 is 0. The van der Waals surface area contributed by atoms with E-state index in [1.165, 1.54) is 0 Å². The Balaban J connectivity index is 3.87. The number of nitrogens with one attached hydrogen (secondary N) is 2. The SMILES string of the molecule is CCNCC(=O)NC(C)(CC)CO. The van der Waals surface area contributed by atoms with Crippen LogP contribution in [0.2, 0.25) is 0 Å². The fraction of sp³-hybridized carbons (Fsp3) is 0.889. The van der Waals surface area contributed by atoms with Gasteiger partial charge in [-0.1, -0.05) is 13.8 Å². The molecule has 1 amide bonds. The number of carbonyl (C=O) groups excluding carboxylic acids is 1. The number of rotatable bonds is 6. The van der Waals surface area contributed by atoms with E-state index in [1.807, 2.05) is 20.8 Å². The molecule has 0 aliphatic rings. The highest BCUT2D eigenvalue weighted by Gasteiger charge is 2.22. The zero-order valence-corrected chi connectivity index (χ0v) is 8.68. The second-order valence-corrected chi connectivity index (χ2v) is 3.40. The molecule has 0 spiro atoms. The highest BCUT2D eigenvalue weighted by Crippen LogP contribution is 2.06. The molecule has 4 heteroatoms. The van der Waals surface area contributed by atoms with Gasteiger partial charge in [0.1, 0.15) is 0 Å². The van der Waals surface area contributed by atoms with Crippen LogP contribution in [0.25, 0.3) is 0 Å². The molecular formula is C9H20N2O2. The van der Waals surface area contributed by atoms with E-state index in [4.69, 9.17) is 5.11 Å². The third-order valence-electron chi connectivity index (χ3n) is 2.11. The third-order valence-corrected chi connectivity index (χ3v) is 2.11. The quantitative estimate of drug-likeness (QED) is 0.544. The minimum absolute atomic E-state index is 0.0264. The summed E-state index contributed by atoms with van der Waals surface area (Å²) in [4.78, 5) is 11.3. The number of likely N-dealkylation sites (N-methyl/N-ethyl adjacent to an activating group) is 1. The van der Waals surface area contributed by atoms with Crippen LogP contribution >= 0.6 is 0 Å². The number of carbonyl (C=O) groups is 1. The first-order valence-electron chi connectivity index (χ1n) is 4.70. The van der Waals surface area contributed by atoms with Crippen molar-refractivity contribution >= 4 is 5.91 Å². The number of aliphatic hydroxyl groups excluding tert-OH is 1. The Hall–Kier alpha value is -0.610. The van der Waals surface area contributed by atoms with Crippen LogP contribution in [0.5, 0.6) is 0 Å². The fourth-order valence-electron chi connectivity index (χ4n) is 0.859. The zero-order valence-electron chi connectivity index (χ0n) is 8.68. The Labute approximate surface area is 79.7 Å². The molecule has 0 aromatic carbocycles. The first kappa shape index (κ1) is 12.4. The minimum atomic E-state index is -0.480. The van der Waals surface area contributed by atoms with Gasteiger partial charge in [-0.05, 0) is 19.9 Å². The summed E-state index contributed by atoms with van der Waals surface area (Å²) in [6, 6.07) is 0. The van der Waals surface area contributed by atoms with Gasteiger partial charge in [0.2, 0.25) is 5.91 Å². The number of hydrogen-bond donors (Lipinski definition) is 3. The minimum Gasteiger partial charge on any atom is -0.394 e. The molecule has 13 heavy (non-hydrogen) atoms. The maximum absolute atomic E-state index is 11.3. The van der Waals surface area contributed by atoms with Gasteiger partial charge in [-0.2, -0.15) is 0 Å². The highest BCUT2D eigenvalue weighted by molar-refractivity contribution is 5.78. The summed E-state index contributed by atoms with van der Waals surface area (Å²) in [5, 5.41) is 14.7. The highest BCUT2D eigenvalue weighted by atomic mass is 16.3. The van der Waals surface area contributed by atoms with Gasteiger partial charge < -0.3 is 15.7 Å². The summed E-state index contributed by atoms with van der Waals surface area (Å²) >= 11 is 0. The molecule has 1 atom stereocenters. The van der Waals surface area contributed by atoms with Crippen molar-refractivity contribution in [1.29, 1.82) is 0 Å². The summed E-state index contributed by atoms with van der Waals surface area (Å²) in [5.74, 6) is -0.0692. The molecule has 0 bridgehead atoms. The summed E-state index contributed by atoms with van der Waals surface area (Å²) in [5.41, 5.74) is -0.480. The molecule has 0 fully saturated rings. The standard InChI is InChI=1S/C9H20N2O2/c1-4-9(3,7-12)11-8(13)6-10-5-2/h10,12H,4-7H2,1-3H3,(H,11,13). The molecule has 4 nitrogen and oxygen atoms in total. The summed E-state index contributed by atoms with van der Waals surface area (Å²) in [6.07, 6.45) is 0.724. The van der Waals surface area contributed by atoms with Crippen LogP contribution in [0.1, 0.15) is 27.2 Å². The second-order valence-electron chi connectivity index (χ2n) is 3.40. The molecule has 0 heterocycles. The number of aliphatic hydroxyl groups is 1. The lowest BCUT2D eigenvalue weighted by atomic mass is 10.0. The van der Waals surface area contributed by atoms with Gasteiger partial charge >= 0.3 is 0 Å². The normalized spacial score (nSPS) is 15.1. The molecule has 0 aromatic rings. The predicted molar refractivity (Wildman–Crippen MR) is 52.5 cm³/mol. The molecule has 0 aromatic heterocycles. The van der Waals surface area contributed by atoms with Crippen molar-refractivity contribution in [3.8, 4) is 0 Å². The average Bonchev–Trinajstić information content (AvgIpc) is 2.14. The molecule has 0 aliphatic carbocycles.